The van der Waals surface area contributed by atoms with Crippen LogP contribution in [-0.2, 0) is 4.74 Å². The molecule has 1 aromatic carbocycles. The molecule has 0 saturated carbocycles. The van der Waals surface area contributed by atoms with E-state index in [1.807, 2.05) is 22.9 Å². The van der Waals surface area contributed by atoms with Gasteiger partial charge < -0.3 is 24.3 Å². The number of carbonyl (C=O) groups is 1. The van der Waals surface area contributed by atoms with Crippen molar-refractivity contribution in [3.63, 3.8) is 0 Å². The summed E-state index contributed by atoms with van der Waals surface area (Å²) in [6.45, 7) is 6.52. The first kappa shape index (κ1) is 24.4. The van der Waals surface area contributed by atoms with E-state index in [1.165, 1.54) is 24.8 Å². The van der Waals surface area contributed by atoms with Gasteiger partial charge in [0.25, 0.3) is 0 Å². The molecule has 2 amide bonds. The summed E-state index contributed by atoms with van der Waals surface area (Å²) in [4.78, 5) is 20.7. The first-order valence-electron chi connectivity index (χ1n) is 12.1. The summed E-state index contributed by atoms with van der Waals surface area (Å²) < 4.78 is 51.6. The van der Waals surface area contributed by atoms with Gasteiger partial charge in [0.05, 0.1) is 31.1 Å². The molecule has 192 valence electrons. The van der Waals surface area contributed by atoms with E-state index in [9.17, 15) is 18.0 Å². The van der Waals surface area contributed by atoms with Gasteiger partial charge in [0.2, 0.25) is 0 Å². The highest BCUT2D eigenvalue weighted by molar-refractivity contribution is 5.91. The van der Waals surface area contributed by atoms with E-state index in [0.717, 1.165) is 35.6 Å². The molecule has 5 rings (SSSR count). The third-order valence-corrected chi connectivity index (χ3v) is 7.26. The minimum absolute atomic E-state index is 0.0184. The fraction of sp³-hybridized carbons (Fsp3) is 0.462. The Balaban J connectivity index is 1.45. The Kier molecular flexibility index (Phi) is 6.10. The van der Waals surface area contributed by atoms with E-state index >= 15 is 0 Å². The summed E-state index contributed by atoms with van der Waals surface area (Å²) in [6.07, 6.45) is 5.39. The van der Waals surface area contributed by atoms with Crippen LogP contribution in [0.2, 0.25) is 0 Å². The Morgan fingerprint density at radius 1 is 1.19 bits per heavy atom. The number of likely N-dealkylation sites (tertiary alicyclic amines) is 1. The van der Waals surface area contributed by atoms with Crippen LogP contribution in [0.15, 0.2) is 36.8 Å². The predicted molar refractivity (Wildman–Crippen MR) is 133 cm³/mol. The van der Waals surface area contributed by atoms with Gasteiger partial charge in [-0.25, -0.2) is 22.9 Å². The maximum Gasteiger partial charge on any atom is 0.322 e. The molecule has 2 fully saturated rings. The number of amides is 2. The average Bonchev–Trinajstić information content (AvgIpc) is 3.48. The molecule has 2 saturated heterocycles. The van der Waals surface area contributed by atoms with Crippen LogP contribution in [0.25, 0.3) is 16.8 Å². The van der Waals surface area contributed by atoms with Gasteiger partial charge in [-0.05, 0) is 50.1 Å². The van der Waals surface area contributed by atoms with Crippen molar-refractivity contribution in [3.05, 3.63) is 48.2 Å². The van der Waals surface area contributed by atoms with E-state index < -0.39 is 23.2 Å². The van der Waals surface area contributed by atoms with Gasteiger partial charge in [-0.3, -0.25) is 0 Å². The standard InChI is InChI=1S/C26H30F3N5O2/c1-17-12-20(27)21(31-24(35)34-6-4-26(29,16-34)25(2,3)28)14-19(17)18-13-22(32-8-10-36-11-9-32)23-30-5-7-33(23)15-18/h5,7,12-15H,4,6,8-11,16H2,1-3H3,(H,31,35). The number of nitrogens with one attached hydrogen (secondary N) is 1. The van der Waals surface area contributed by atoms with E-state index in [1.54, 1.807) is 19.2 Å². The molecule has 10 heteroatoms. The van der Waals surface area contributed by atoms with Gasteiger partial charge in [0.1, 0.15) is 11.5 Å². The molecular weight excluding hydrogens is 471 g/mol. The quantitative estimate of drug-likeness (QED) is 0.548. The molecule has 3 aromatic rings. The van der Waals surface area contributed by atoms with Crippen LogP contribution in [0.4, 0.5) is 29.3 Å². The number of halogens is 3. The third-order valence-electron chi connectivity index (χ3n) is 7.26. The molecule has 2 aromatic heterocycles. The highest BCUT2D eigenvalue weighted by Crippen LogP contribution is 2.39. The highest BCUT2D eigenvalue weighted by atomic mass is 19.2. The summed E-state index contributed by atoms with van der Waals surface area (Å²) in [5.41, 5.74) is -0.225. The molecule has 4 heterocycles. The number of imidazole rings is 1. The lowest BCUT2D eigenvalue weighted by Crippen LogP contribution is -2.46. The number of nitrogens with zero attached hydrogens (tertiary/aromatic N) is 4. The first-order chi connectivity index (χ1) is 17.1. The Hall–Kier alpha value is -3.27. The molecule has 1 atom stereocenters. The normalized spacial score (nSPS) is 20.8. The van der Waals surface area contributed by atoms with Crippen molar-refractivity contribution in [2.75, 3.05) is 49.6 Å². The lowest BCUT2D eigenvalue weighted by Gasteiger charge is -2.30. The topological polar surface area (TPSA) is 62.1 Å². The second-order valence-corrected chi connectivity index (χ2v) is 10.1. The average molecular weight is 502 g/mol. The summed E-state index contributed by atoms with van der Waals surface area (Å²) in [5, 5.41) is 2.57. The second kappa shape index (κ2) is 8.99. The molecule has 0 spiro atoms. The molecule has 0 bridgehead atoms. The number of fused-ring (bicyclic) bond motifs is 1. The van der Waals surface area contributed by atoms with Gasteiger partial charge >= 0.3 is 6.03 Å². The van der Waals surface area contributed by atoms with Crippen LogP contribution in [0.3, 0.4) is 0 Å². The molecule has 1 unspecified atom stereocenters. The molecule has 1 N–H and O–H groups in total. The van der Waals surface area contributed by atoms with E-state index in [0.29, 0.717) is 18.8 Å². The lowest BCUT2D eigenvalue weighted by molar-refractivity contribution is -0.00432. The Morgan fingerprint density at radius 2 is 1.94 bits per heavy atom. The number of alkyl halides is 2. The molecule has 2 aliphatic rings. The number of hydrogen-bond donors (Lipinski definition) is 1. The van der Waals surface area contributed by atoms with Gasteiger partial charge in [-0.2, -0.15) is 0 Å². The van der Waals surface area contributed by atoms with Crippen LogP contribution in [-0.4, -0.2) is 71.0 Å². The van der Waals surface area contributed by atoms with E-state index in [2.05, 4.69) is 15.2 Å². The summed E-state index contributed by atoms with van der Waals surface area (Å²) >= 11 is 0. The van der Waals surface area contributed by atoms with Crippen LogP contribution in [0.1, 0.15) is 25.8 Å². The number of anilines is 2. The third kappa shape index (κ3) is 4.38. The molecule has 2 aliphatic heterocycles. The number of morpholine rings is 1. The van der Waals surface area contributed by atoms with Crippen molar-refractivity contribution >= 4 is 23.1 Å². The first-order valence-corrected chi connectivity index (χ1v) is 12.1. The van der Waals surface area contributed by atoms with Gasteiger partial charge in [0, 0.05) is 50.2 Å². The molecule has 36 heavy (non-hydrogen) atoms. The van der Waals surface area contributed by atoms with Crippen molar-refractivity contribution in [1.82, 2.24) is 14.3 Å². The largest absolute Gasteiger partial charge is 0.378 e. The minimum atomic E-state index is -2.14. The van der Waals surface area contributed by atoms with Gasteiger partial charge in [0.15, 0.2) is 11.3 Å². The number of ether oxygens (including phenoxy) is 1. The second-order valence-electron chi connectivity index (χ2n) is 10.1. The van der Waals surface area contributed by atoms with Crippen molar-refractivity contribution in [2.24, 2.45) is 0 Å². The highest BCUT2D eigenvalue weighted by Gasteiger charge is 2.52. The van der Waals surface area contributed by atoms with Gasteiger partial charge in [-0.15, -0.1) is 0 Å². The number of urea groups is 1. The fourth-order valence-electron chi connectivity index (χ4n) is 4.90. The maximum absolute atomic E-state index is 15.0. The van der Waals surface area contributed by atoms with Crippen LogP contribution in [0, 0.1) is 12.7 Å². The number of hydrogen-bond acceptors (Lipinski definition) is 4. The summed E-state index contributed by atoms with van der Waals surface area (Å²) in [6, 6.07) is 4.31. The fourth-order valence-corrected chi connectivity index (χ4v) is 4.90. The van der Waals surface area contributed by atoms with Crippen LogP contribution < -0.4 is 10.2 Å². The number of pyridine rings is 1. The Bertz CT molecular complexity index is 1300. The van der Waals surface area contributed by atoms with Crippen molar-refractivity contribution in [3.8, 4) is 11.1 Å². The lowest BCUT2D eigenvalue weighted by atomic mass is 9.89. The molecular formula is C26H30F3N5O2. The van der Waals surface area contributed by atoms with Crippen molar-refractivity contribution < 1.29 is 22.7 Å². The summed E-state index contributed by atoms with van der Waals surface area (Å²) in [5.74, 6) is -0.599. The van der Waals surface area contributed by atoms with Crippen molar-refractivity contribution in [2.45, 2.75) is 38.5 Å². The zero-order valence-electron chi connectivity index (χ0n) is 20.7. The minimum Gasteiger partial charge on any atom is -0.378 e. The van der Waals surface area contributed by atoms with Crippen molar-refractivity contribution in [1.29, 1.82) is 0 Å². The number of carbonyl (C=O) groups excluding carboxylic acids is 1. The molecule has 0 radical (unpaired) electrons. The smallest absolute Gasteiger partial charge is 0.322 e. The Morgan fingerprint density at radius 3 is 2.64 bits per heavy atom. The number of aromatic nitrogens is 2. The van der Waals surface area contributed by atoms with E-state index in [-0.39, 0.29) is 25.2 Å². The summed E-state index contributed by atoms with van der Waals surface area (Å²) in [7, 11) is 0. The van der Waals surface area contributed by atoms with Crippen LogP contribution in [0.5, 0.6) is 0 Å². The zero-order chi connectivity index (χ0) is 25.7. The monoisotopic (exact) mass is 501 g/mol. The number of benzene rings is 1. The molecule has 7 nitrogen and oxygen atoms in total. The molecule has 0 aliphatic carbocycles. The predicted octanol–water partition coefficient (Wildman–Crippen LogP) is 4.98. The zero-order valence-corrected chi connectivity index (χ0v) is 20.7. The SMILES string of the molecule is Cc1cc(F)c(NC(=O)N2CCC(F)(C(C)(C)F)C2)cc1-c1cc(N2CCOCC2)c2nccn2c1. The Labute approximate surface area is 207 Å². The van der Waals surface area contributed by atoms with Crippen LogP contribution >= 0.6 is 0 Å². The number of rotatable bonds is 4. The number of aryl methyl sites for hydroxylation is 1. The van der Waals surface area contributed by atoms with Gasteiger partial charge in [-0.1, -0.05) is 0 Å². The van der Waals surface area contributed by atoms with E-state index in [4.69, 9.17) is 4.74 Å². The maximum atomic E-state index is 15.0.